The van der Waals surface area contributed by atoms with Crippen molar-refractivity contribution in [3.8, 4) is 0 Å². The van der Waals surface area contributed by atoms with E-state index < -0.39 is 0 Å². The molecule has 0 heterocycles. The lowest BCUT2D eigenvalue weighted by atomic mass is 9.83. The van der Waals surface area contributed by atoms with Gasteiger partial charge in [-0.3, -0.25) is 0 Å². The highest BCUT2D eigenvalue weighted by Crippen LogP contribution is 2.25. The SMILES string of the molecule is CC.CCCC(C)(CC)CNC. The van der Waals surface area contributed by atoms with Crippen molar-refractivity contribution in [3.05, 3.63) is 0 Å². The molecule has 1 N–H and O–H groups in total. The van der Waals surface area contributed by atoms with Crippen LogP contribution in [-0.2, 0) is 0 Å². The normalized spacial score (nSPS) is 14.5. The van der Waals surface area contributed by atoms with Crippen molar-refractivity contribution < 1.29 is 0 Å². The third kappa shape index (κ3) is 6.66. The Morgan fingerprint density at radius 3 is 1.92 bits per heavy atom. The molecule has 0 aromatic carbocycles. The molecule has 0 aliphatic rings. The van der Waals surface area contributed by atoms with Crippen molar-refractivity contribution in [1.29, 1.82) is 0 Å². The minimum atomic E-state index is 0.531. The Balaban J connectivity index is 0. The van der Waals surface area contributed by atoms with E-state index in [1.165, 1.54) is 19.3 Å². The largest absolute Gasteiger partial charge is 0.319 e. The first kappa shape index (κ1) is 14.5. The maximum absolute atomic E-state index is 3.24. The van der Waals surface area contributed by atoms with Gasteiger partial charge in [0.2, 0.25) is 0 Å². The molecule has 0 saturated heterocycles. The van der Waals surface area contributed by atoms with Crippen molar-refractivity contribution >= 4 is 0 Å². The van der Waals surface area contributed by atoms with Gasteiger partial charge in [0.1, 0.15) is 0 Å². The smallest absolute Gasteiger partial charge is 0.000205 e. The first-order valence-electron chi connectivity index (χ1n) is 5.33. The molecule has 0 saturated carbocycles. The Kier molecular flexibility index (Phi) is 10.9. The maximum atomic E-state index is 3.24. The summed E-state index contributed by atoms with van der Waals surface area (Å²) < 4.78 is 0. The van der Waals surface area contributed by atoms with Crippen LogP contribution in [0.25, 0.3) is 0 Å². The fraction of sp³-hybridized carbons (Fsp3) is 1.00. The Hall–Kier alpha value is -0.0400. The fourth-order valence-corrected chi connectivity index (χ4v) is 1.42. The summed E-state index contributed by atoms with van der Waals surface area (Å²) in [6.45, 7) is 12.0. The molecule has 12 heavy (non-hydrogen) atoms. The monoisotopic (exact) mass is 173 g/mol. The molecule has 0 radical (unpaired) electrons. The van der Waals surface area contributed by atoms with Crippen LogP contribution in [0.15, 0.2) is 0 Å². The van der Waals surface area contributed by atoms with E-state index in [1.807, 2.05) is 20.9 Å². The second kappa shape index (κ2) is 9.05. The number of rotatable bonds is 5. The summed E-state index contributed by atoms with van der Waals surface area (Å²) in [5.74, 6) is 0. The van der Waals surface area contributed by atoms with Gasteiger partial charge < -0.3 is 5.32 Å². The number of hydrogen-bond acceptors (Lipinski definition) is 1. The van der Waals surface area contributed by atoms with Gasteiger partial charge in [0, 0.05) is 6.54 Å². The molecule has 76 valence electrons. The molecule has 0 amide bonds. The molecular weight excluding hydrogens is 146 g/mol. The highest BCUT2D eigenvalue weighted by Gasteiger charge is 2.18. The summed E-state index contributed by atoms with van der Waals surface area (Å²) in [5.41, 5.74) is 0.531. The van der Waals surface area contributed by atoms with Crippen LogP contribution in [0.4, 0.5) is 0 Å². The lowest BCUT2D eigenvalue weighted by molar-refractivity contribution is 0.274. The zero-order chi connectivity index (χ0) is 10.0. The summed E-state index contributed by atoms with van der Waals surface area (Å²) in [6, 6.07) is 0. The fourth-order valence-electron chi connectivity index (χ4n) is 1.42. The lowest BCUT2D eigenvalue weighted by Gasteiger charge is -2.27. The Morgan fingerprint density at radius 2 is 1.67 bits per heavy atom. The first-order valence-corrected chi connectivity index (χ1v) is 5.33. The molecule has 0 bridgehead atoms. The minimum absolute atomic E-state index is 0.531. The van der Waals surface area contributed by atoms with Crippen LogP contribution in [0, 0.1) is 5.41 Å². The van der Waals surface area contributed by atoms with Crippen LogP contribution in [0.5, 0.6) is 0 Å². The number of nitrogens with one attached hydrogen (secondary N) is 1. The predicted molar refractivity (Wildman–Crippen MR) is 58.6 cm³/mol. The van der Waals surface area contributed by atoms with Gasteiger partial charge in [0.25, 0.3) is 0 Å². The van der Waals surface area contributed by atoms with Crippen molar-refractivity contribution in [2.24, 2.45) is 5.41 Å². The van der Waals surface area contributed by atoms with Crippen molar-refractivity contribution in [2.45, 2.75) is 53.9 Å². The highest BCUT2D eigenvalue weighted by atomic mass is 14.8. The Bertz CT molecular complexity index is 73.1. The molecule has 0 fully saturated rings. The van der Waals surface area contributed by atoms with E-state index in [-0.39, 0.29) is 0 Å². The molecule has 0 aromatic heterocycles. The molecular formula is C11H27N. The molecule has 0 aliphatic heterocycles. The van der Waals surface area contributed by atoms with Crippen LogP contribution in [0.3, 0.4) is 0 Å². The van der Waals surface area contributed by atoms with Crippen LogP contribution in [0.1, 0.15) is 53.9 Å². The maximum Gasteiger partial charge on any atom is 0.000205 e. The van der Waals surface area contributed by atoms with E-state index in [1.54, 1.807) is 0 Å². The second-order valence-corrected chi connectivity index (χ2v) is 3.44. The van der Waals surface area contributed by atoms with Crippen molar-refractivity contribution in [1.82, 2.24) is 5.32 Å². The molecule has 1 atom stereocenters. The molecule has 0 rings (SSSR count). The summed E-state index contributed by atoms with van der Waals surface area (Å²) in [4.78, 5) is 0. The van der Waals surface area contributed by atoms with Gasteiger partial charge >= 0.3 is 0 Å². The standard InChI is InChI=1S/C9H21N.C2H6/c1-5-7-9(3,6-2)8-10-4;1-2/h10H,5-8H2,1-4H3;1-2H3. The lowest BCUT2D eigenvalue weighted by Crippen LogP contribution is -2.28. The molecule has 1 heteroatoms. The van der Waals surface area contributed by atoms with Gasteiger partial charge in [-0.25, -0.2) is 0 Å². The minimum Gasteiger partial charge on any atom is -0.319 e. The third-order valence-corrected chi connectivity index (χ3v) is 2.31. The van der Waals surface area contributed by atoms with Gasteiger partial charge in [-0.2, -0.15) is 0 Å². The molecule has 1 unspecified atom stereocenters. The van der Waals surface area contributed by atoms with Gasteiger partial charge in [-0.05, 0) is 25.3 Å². The van der Waals surface area contributed by atoms with Crippen LogP contribution in [-0.4, -0.2) is 13.6 Å². The van der Waals surface area contributed by atoms with Gasteiger partial charge in [0.15, 0.2) is 0 Å². The van der Waals surface area contributed by atoms with Gasteiger partial charge in [0.05, 0.1) is 0 Å². The van der Waals surface area contributed by atoms with E-state index in [0.29, 0.717) is 5.41 Å². The predicted octanol–water partition coefficient (Wildman–Crippen LogP) is 3.45. The van der Waals surface area contributed by atoms with Crippen LogP contribution >= 0.6 is 0 Å². The number of hydrogen-bond donors (Lipinski definition) is 1. The quantitative estimate of drug-likeness (QED) is 0.671. The summed E-state index contributed by atoms with van der Waals surface area (Å²) in [6.07, 6.45) is 3.91. The van der Waals surface area contributed by atoms with Gasteiger partial charge in [-0.15, -0.1) is 0 Å². The van der Waals surface area contributed by atoms with E-state index in [0.717, 1.165) is 6.54 Å². The zero-order valence-electron chi connectivity index (χ0n) is 9.83. The third-order valence-electron chi connectivity index (χ3n) is 2.31. The van der Waals surface area contributed by atoms with E-state index in [4.69, 9.17) is 0 Å². The molecule has 0 aromatic rings. The van der Waals surface area contributed by atoms with Crippen LogP contribution in [0.2, 0.25) is 0 Å². The van der Waals surface area contributed by atoms with E-state index in [2.05, 4.69) is 26.1 Å². The van der Waals surface area contributed by atoms with Crippen LogP contribution < -0.4 is 5.32 Å². The van der Waals surface area contributed by atoms with E-state index in [9.17, 15) is 0 Å². The zero-order valence-corrected chi connectivity index (χ0v) is 9.83. The summed E-state index contributed by atoms with van der Waals surface area (Å²) in [7, 11) is 2.03. The Labute approximate surface area is 78.9 Å². The van der Waals surface area contributed by atoms with E-state index >= 15 is 0 Å². The second-order valence-electron chi connectivity index (χ2n) is 3.44. The van der Waals surface area contributed by atoms with Crippen molar-refractivity contribution in [2.75, 3.05) is 13.6 Å². The average Bonchev–Trinajstić information content (AvgIpc) is 2.09. The Morgan fingerprint density at radius 1 is 1.17 bits per heavy atom. The summed E-state index contributed by atoms with van der Waals surface area (Å²) in [5, 5.41) is 3.24. The average molecular weight is 173 g/mol. The summed E-state index contributed by atoms with van der Waals surface area (Å²) >= 11 is 0. The molecule has 0 spiro atoms. The molecule has 0 aliphatic carbocycles. The van der Waals surface area contributed by atoms with Gasteiger partial charge in [-0.1, -0.05) is 41.0 Å². The molecule has 1 nitrogen and oxygen atoms in total. The topological polar surface area (TPSA) is 12.0 Å². The van der Waals surface area contributed by atoms with Crippen molar-refractivity contribution in [3.63, 3.8) is 0 Å². The highest BCUT2D eigenvalue weighted by molar-refractivity contribution is 4.73. The first-order chi connectivity index (χ1) is 5.68.